The van der Waals surface area contributed by atoms with Crippen molar-refractivity contribution in [3.63, 3.8) is 0 Å². The van der Waals surface area contributed by atoms with Gasteiger partial charge in [0.15, 0.2) is 16.2 Å². The number of hydrogen-bond donors (Lipinski definition) is 2. The van der Waals surface area contributed by atoms with Gasteiger partial charge in [-0.3, -0.25) is 15.0 Å². The molecule has 1 aliphatic rings. The van der Waals surface area contributed by atoms with Gasteiger partial charge in [-0.15, -0.1) is 0 Å². The van der Waals surface area contributed by atoms with E-state index in [1.54, 1.807) is 0 Å². The van der Waals surface area contributed by atoms with Crippen molar-refractivity contribution in [2.75, 3.05) is 0 Å². The minimum Gasteiger partial charge on any atom is -0.359 e. The average molecular weight is 288 g/mol. The minimum atomic E-state index is -3.69. The molecule has 1 saturated heterocycles. The molecule has 19 heavy (non-hydrogen) atoms. The van der Waals surface area contributed by atoms with E-state index in [0.717, 1.165) is 0 Å². The highest BCUT2D eigenvalue weighted by Crippen LogP contribution is 2.35. The molecule has 1 aliphatic heterocycles. The van der Waals surface area contributed by atoms with Crippen LogP contribution in [-0.2, 0) is 21.4 Å². The highest BCUT2D eigenvalue weighted by Gasteiger charge is 2.60. The Hall–Kier alpha value is -1.94. The summed E-state index contributed by atoms with van der Waals surface area (Å²) in [5.74, 6) is 3.78. The number of nitrogens with one attached hydrogen (secondary N) is 1. The van der Waals surface area contributed by atoms with Gasteiger partial charge in [0.1, 0.15) is 0 Å². The van der Waals surface area contributed by atoms with Crippen LogP contribution in [0.2, 0.25) is 0 Å². The first-order valence-corrected chi connectivity index (χ1v) is 6.69. The molecule has 0 saturated carbocycles. The zero-order chi connectivity index (χ0) is 14.4. The SMILES string of the molecule is CC1(C)C(=O)N(Cc2cc(C(=O)NN)no2)S1(=O)=O. The highest BCUT2D eigenvalue weighted by atomic mass is 32.2. The van der Waals surface area contributed by atoms with Crippen molar-refractivity contribution in [2.24, 2.45) is 5.84 Å². The van der Waals surface area contributed by atoms with Crippen molar-refractivity contribution in [3.8, 4) is 0 Å². The average Bonchev–Trinajstić information content (AvgIpc) is 2.82. The first kappa shape index (κ1) is 13.5. The van der Waals surface area contributed by atoms with Gasteiger partial charge in [0.25, 0.3) is 21.8 Å². The van der Waals surface area contributed by atoms with Crippen LogP contribution < -0.4 is 11.3 Å². The second-order valence-electron chi connectivity index (χ2n) is 4.48. The summed E-state index contributed by atoms with van der Waals surface area (Å²) < 4.78 is 27.7. The Labute approximate surface area is 108 Å². The Morgan fingerprint density at radius 3 is 2.74 bits per heavy atom. The van der Waals surface area contributed by atoms with Gasteiger partial charge in [-0.2, -0.15) is 0 Å². The number of carbonyl (C=O) groups excluding carboxylic acids is 2. The fourth-order valence-corrected chi connectivity index (χ4v) is 3.12. The lowest BCUT2D eigenvalue weighted by Gasteiger charge is -2.42. The molecule has 0 atom stereocenters. The summed E-state index contributed by atoms with van der Waals surface area (Å²) in [5, 5.41) is 3.41. The molecule has 1 aromatic heterocycles. The molecule has 9 nitrogen and oxygen atoms in total. The molecule has 0 unspecified atom stereocenters. The van der Waals surface area contributed by atoms with Crippen molar-refractivity contribution in [1.82, 2.24) is 14.9 Å². The molecule has 0 spiro atoms. The molecule has 1 fully saturated rings. The summed E-state index contributed by atoms with van der Waals surface area (Å²) in [5.41, 5.74) is 1.76. The van der Waals surface area contributed by atoms with E-state index in [1.807, 2.05) is 5.43 Å². The molecule has 0 aliphatic carbocycles. The molecule has 10 heteroatoms. The van der Waals surface area contributed by atoms with Gasteiger partial charge in [0, 0.05) is 6.07 Å². The minimum absolute atomic E-state index is 0.0750. The van der Waals surface area contributed by atoms with E-state index in [4.69, 9.17) is 10.4 Å². The van der Waals surface area contributed by atoms with Crippen LogP contribution in [0.3, 0.4) is 0 Å². The van der Waals surface area contributed by atoms with E-state index in [2.05, 4.69) is 5.16 Å². The number of nitrogens with zero attached hydrogens (tertiary/aromatic N) is 2. The molecule has 2 amide bonds. The van der Waals surface area contributed by atoms with Crippen molar-refractivity contribution < 1.29 is 22.5 Å². The number of carbonyl (C=O) groups is 2. The quantitative estimate of drug-likeness (QED) is 0.402. The number of hydrogen-bond acceptors (Lipinski definition) is 7. The number of aromatic nitrogens is 1. The van der Waals surface area contributed by atoms with Crippen molar-refractivity contribution in [3.05, 3.63) is 17.5 Å². The van der Waals surface area contributed by atoms with E-state index < -0.39 is 26.6 Å². The fraction of sp³-hybridized carbons (Fsp3) is 0.444. The molecule has 2 rings (SSSR count). The number of nitrogens with two attached hydrogens (primary N) is 1. The highest BCUT2D eigenvalue weighted by molar-refractivity contribution is 7.94. The number of amides is 2. The van der Waals surface area contributed by atoms with E-state index in [1.165, 1.54) is 19.9 Å². The smallest absolute Gasteiger partial charge is 0.287 e. The van der Waals surface area contributed by atoms with Gasteiger partial charge in [0.2, 0.25) is 0 Å². The Morgan fingerprint density at radius 1 is 1.58 bits per heavy atom. The van der Waals surface area contributed by atoms with Crippen LogP contribution in [0.1, 0.15) is 30.1 Å². The summed E-state index contributed by atoms with van der Waals surface area (Å²) in [6, 6.07) is 1.22. The largest absolute Gasteiger partial charge is 0.359 e. The second kappa shape index (κ2) is 4.03. The van der Waals surface area contributed by atoms with Crippen LogP contribution in [-0.4, -0.2) is 34.4 Å². The number of nitrogen functional groups attached to an aromatic ring is 1. The summed E-state index contributed by atoms with van der Waals surface area (Å²) >= 11 is 0. The van der Waals surface area contributed by atoms with Gasteiger partial charge in [-0.1, -0.05) is 5.16 Å². The monoisotopic (exact) mass is 288 g/mol. The molecule has 2 heterocycles. The molecular weight excluding hydrogens is 276 g/mol. The van der Waals surface area contributed by atoms with Crippen LogP contribution in [0.25, 0.3) is 0 Å². The molecular formula is C9H12N4O5S. The standard InChI is InChI=1S/C9H12N4O5S/c1-9(2)8(15)13(19(9,16)17)4-5-3-6(12-18-5)7(14)11-10/h3H,4,10H2,1-2H3,(H,11,14). The van der Waals surface area contributed by atoms with E-state index >= 15 is 0 Å². The summed E-state index contributed by atoms with van der Waals surface area (Å²) in [4.78, 5) is 22.8. The zero-order valence-electron chi connectivity index (χ0n) is 10.2. The Kier molecular flexibility index (Phi) is 2.86. The topological polar surface area (TPSA) is 136 Å². The third-order valence-corrected chi connectivity index (χ3v) is 5.24. The molecule has 1 aromatic rings. The molecule has 104 valence electrons. The van der Waals surface area contributed by atoms with Crippen LogP contribution in [0, 0.1) is 0 Å². The van der Waals surface area contributed by atoms with Crippen molar-refractivity contribution in [2.45, 2.75) is 25.1 Å². The van der Waals surface area contributed by atoms with Crippen LogP contribution in [0.4, 0.5) is 0 Å². The molecule has 0 bridgehead atoms. The third-order valence-electron chi connectivity index (χ3n) is 2.90. The van der Waals surface area contributed by atoms with E-state index in [9.17, 15) is 18.0 Å². The maximum Gasteiger partial charge on any atom is 0.287 e. The maximum atomic E-state index is 11.8. The molecule has 0 radical (unpaired) electrons. The predicted molar refractivity (Wildman–Crippen MR) is 61.7 cm³/mol. The zero-order valence-corrected chi connectivity index (χ0v) is 11.0. The van der Waals surface area contributed by atoms with E-state index in [0.29, 0.717) is 4.31 Å². The summed E-state index contributed by atoms with van der Waals surface area (Å²) in [6.45, 7) is 2.36. The third kappa shape index (κ3) is 1.79. The summed E-state index contributed by atoms with van der Waals surface area (Å²) in [7, 11) is -3.69. The van der Waals surface area contributed by atoms with Gasteiger partial charge in [0.05, 0.1) is 6.54 Å². The Balaban J connectivity index is 2.18. The molecule has 0 aromatic carbocycles. The first-order chi connectivity index (χ1) is 8.71. The van der Waals surface area contributed by atoms with Crippen molar-refractivity contribution in [1.29, 1.82) is 0 Å². The second-order valence-corrected chi connectivity index (χ2v) is 6.89. The Morgan fingerprint density at radius 2 is 2.21 bits per heavy atom. The van der Waals surface area contributed by atoms with Crippen LogP contribution in [0.15, 0.2) is 10.6 Å². The van der Waals surface area contributed by atoms with Gasteiger partial charge in [-0.05, 0) is 13.8 Å². The maximum absolute atomic E-state index is 11.8. The normalized spacial score (nSPS) is 19.9. The van der Waals surface area contributed by atoms with Crippen molar-refractivity contribution >= 4 is 21.8 Å². The lowest BCUT2D eigenvalue weighted by Crippen LogP contribution is -2.66. The lowest BCUT2D eigenvalue weighted by molar-refractivity contribution is -0.132. The Bertz CT molecular complexity index is 647. The fourth-order valence-electron chi connectivity index (χ4n) is 1.62. The summed E-state index contributed by atoms with van der Waals surface area (Å²) in [6.07, 6.45) is 0. The predicted octanol–water partition coefficient (Wildman–Crippen LogP) is -1.27. The first-order valence-electron chi connectivity index (χ1n) is 5.25. The number of hydrazine groups is 1. The van der Waals surface area contributed by atoms with E-state index in [-0.39, 0.29) is 18.0 Å². The van der Waals surface area contributed by atoms with Gasteiger partial charge >= 0.3 is 0 Å². The number of sulfonamides is 1. The molecule has 3 N–H and O–H groups in total. The van der Waals surface area contributed by atoms with Gasteiger partial charge in [-0.25, -0.2) is 18.6 Å². The van der Waals surface area contributed by atoms with Crippen LogP contribution in [0.5, 0.6) is 0 Å². The lowest BCUT2D eigenvalue weighted by atomic mass is 10.2. The number of rotatable bonds is 3. The van der Waals surface area contributed by atoms with Crippen LogP contribution >= 0.6 is 0 Å². The van der Waals surface area contributed by atoms with Gasteiger partial charge < -0.3 is 4.52 Å².